The molecule has 0 fully saturated rings. The van der Waals surface area contributed by atoms with Crippen molar-refractivity contribution in [2.75, 3.05) is 12.0 Å². The number of carbonyl (C=O) groups excluding carboxylic acids is 1. The standard InChI is InChI=1S/C24H31NO4/c1-17(2)16-21(26)22(18-10-8-7-9-11-18)25(23(27)29-24(3,4)5)19-12-14-20(28-6)15-13-19/h7-16,21-22,26H,1-6H3/t21?,22-/m1/s1. The van der Waals surface area contributed by atoms with E-state index in [1.54, 1.807) is 37.5 Å². The first kappa shape index (κ1) is 22.5. The number of benzene rings is 2. The summed E-state index contributed by atoms with van der Waals surface area (Å²) in [5.74, 6) is 0.680. The largest absolute Gasteiger partial charge is 0.497 e. The molecular formula is C24H31NO4. The summed E-state index contributed by atoms with van der Waals surface area (Å²) in [5, 5.41) is 11.1. The molecule has 5 heteroatoms. The molecule has 1 unspecified atom stereocenters. The van der Waals surface area contributed by atoms with Gasteiger partial charge >= 0.3 is 6.09 Å². The van der Waals surface area contributed by atoms with E-state index in [1.165, 1.54) is 4.90 Å². The number of allylic oxidation sites excluding steroid dienone is 1. The zero-order valence-corrected chi connectivity index (χ0v) is 18.0. The molecule has 0 aliphatic heterocycles. The van der Waals surface area contributed by atoms with Crippen molar-refractivity contribution in [1.29, 1.82) is 0 Å². The number of amides is 1. The summed E-state index contributed by atoms with van der Waals surface area (Å²) in [4.78, 5) is 14.8. The van der Waals surface area contributed by atoms with Gasteiger partial charge in [-0.1, -0.05) is 42.0 Å². The van der Waals surface area contributed by atoms with Gasteiger partial charge < -0.3 is 14.6 Å². The van der Waals surface area contributed by atoms with Gasteiger partial charge in [-0.05, 0) is 64.4 Å². The van der Waals surface area contributed by atoms with Crippen molar-refractivity contribution in [1.82, 2.24) is 0 Å². The van der Waals surface area contributed by atoms with Crippen LogP contribution in [0.4, 0.5) is 10.5 Å². The van der Waals surface area contributed by atoms with Gasteiger partial charge in [-0.15, -0.1) is 0 Å². The molecule has 1 amide bonds. The average Bonchev–Trinajstić information content (AvgIpc) is 2.64. The van der Waals surface area contributed by atoms with Gasteiger partial charge in [0.05, 0.1) is 19.3 Å². The number of ether oxygens (including phenoxy) is 2. The number of hydrogen-bond acceptors (Lipinski definition) is 4. The Morgan fingerprint density at radius 2 is 1.62 bits per heavy atom. The Kier molecular flexibility index (Phi) is 7.46. The monoisotopic (exact) mass is 397 g/mol. The summed E-state index contributed by atoms with van der Waals surface area (Å²) in [6.07, 6.45) is 0.299. The molecule has 0 spiro atoms. The van der Waals surface area contributed by atoms with Crippen LogP contribution in [-0.2, 0) is 4.74 Å². The highest BCUT2D eigenvalue weighted by atomic mass is 16.6. The van der Waals surface area contributed by atoms with Crippen LogP contribution in [-0.4, -0.2) is 30.0 Å². The van der Waals surface area contributed by atoms with Gasteiger partial charge in [-0.3, -0.25) is 4.90 Å². The van der Waals surface area contributed by atoms with Crippen molar-refractivity contribution in [2.24, 2.45) is 0 Å². The van der Waals surface area contributed by atoms with Crippen LogP contribution in [0.1, 0.15) is 46.2 Å². The number of aliphatic hydroxyl groups excluding tert-OH is 1. The maximum absolute atomic E-state index is 13.3. The van der Waals surface area contributed by atoms with E-state index in [2.05, 4.69) is 0 Å². The molecule has 2 rings (SSSR count). The fourth-order valence-corrected chi connectivity index (χ4v) is 3.02. The SMILES string of the molecule is COc1ccc(N(C(=O)OC(C)(C)C)[C@H](c2ccccc2)C(O)C=C(C)C)cc1. The molecule has 0 aliphatic carbocycles. The predicted molar refractivity (Wildman–Crippen MR) is 116 cm³/mol. The lowest BCUT2D eigenvalue weighted by atomic mass is 9.97. The highest BCUT2D eigenvalue weighted by Crippen LogP contribution is 2.33. The predicted octanol–water partition coefficient (Wildman–Crippen LogP) is 5.51. The van der Waals surface area contributed by atoms with E-state index in [0.29, 0.717) is 11.4 Å². The minimum absolute atomic E-state index is 0.530. The van der Waals surface area contributed by atoms with E-state index in [0.717, 1.165) is 11.1 Å². The number of carbonyl (C=O) groups is 1. The molecule has 0 heterocycles. The summed E-state index contributed by atoms with van der Waals surface area (Å²) < 4.78 is 10.9. The first-order valence-electron chi connectivity index (χ1n) is 9.66. The Morgan fingerprint density at radius 1 is 1.03 bits per heavy atom. The van der Waals surface area contributed by atoms with Gasteiger partial charge in [0.15, 0.2) is 0 Å². The summed E-state index contributed by atoms with van der Waals surface area (Å²) in [5.41, 5.74) is 1.69. The highest BCUT2D eigenvalue weighted by Gasteiger charge is 2.34. The molecule has 1 N–H and O–H groups in total. The fraction of sp³-hybridized carbons (Fsp3) is 0.375. The smallest absolute Gasteiger partial charge is 0.415 e. The van der Waals surface area contributed by atoms with Gasteiger partial charge in [0.1, 0.15) is 11.4 Å². The molecule has 0 aromatic heterocycles. The summed E-state index contributed by atoms with van der Waals surface area (Å²) >= 11 is 0. The fourth-order valence-electron chi connectivity index (χ4n) is 3.02. The average molecular weight is 398 g/mol. The molecule has 5 nitrogen and oxygen atoms in total. The number of hydrogen-bond donors (Lipinski definition) is 1. The topological polar surface area (TPSA) is 59.0 Å². The van der Waals surface area contributed by atoms with Crippen LogP contribution in [0.3, 0.4) is 0 Å². The van der Waals surface area contributed by atoms with Crippen LogP contribution >= 0.6 is 0 Å². The molecular weight excluding hydrogens is 366 g/mol. The molecule has 0 bridgehead atoms. The van der Waals surface area contributed by atoms with Crippen molar-refractivity contribution >= 4 is 11.8 Å². The first-order valence-corrected chi connectivity index (χ1v) is 9.66. The van der Waals surface area contributed by atoms with Gasteiger partial charge in [-0.2, -0.15) is 0 Å². The summed E-state index contributed by atoms with van der Waals surface area (Å²) in [6.45, 7) is 9.29. The lowest BCUT2D eigenvalue weighted by molar-refractivity contribution is 0.0531. The van der Waals surface area contributed by atoms with Crippen LogP contribution in [0.15, 0.2) is 66.2 Å². The molecule has 0 aliphatic rings. The Hall–Kier alpha value is -2.79. The zero-order valence-electron chi connectivity index (χ0n) is 18.0. The molecule has 0 saturated heterocycles. The molecule has 0 saturated carbocycles. The van der Waals surface area contributed by atoms with Crippen molar-refractivity contribution in [2.45, 2.75) is 52.4 Å². The molecule has 29 heavy (non-hydrogen) atoms. The van der Waals surface area contributed by atoms with E-state index in [9.17, 15) is 9.90 Å². The Morgan fingerprint density at radius 3 is 2.10 bits per heavy atom. The number of nitrogens with zero attached hydrogens (tertiary/aromatic N) is 1. The maximum atomic E-state index is 13.3. The van der Waals surface area contributed by atoms with E-state index in [-0.39, 0.29) is 0 Å². The van der Waals surface area contributed by atoms with E-state index < -0.39 is 23.8 Å². The Bertz CT molecular complexity index is 818. The quantitative estimate of drug-likeness (QED) is 0.654. The van der Waals surface area contributed by atoms with Crippen molar-refractivity contribution in [3.05, 3.63) is 71.8 Å². The van der Waals surface area contributed by atoms with Crippen LogP contribution in [0.25, 0.3) is 0 Å². The number of anilines is 1. The lowest BCUT2D eigenvalue weighted by Gasteiger charge is -2.36. The molecule has 2 aromatic rings. The molecule has 2 aromatic carbocycles. The van der Waals surface area contributed by atoms with Gasteiger partial charge in [0.2, 0.25) is 0 Å². The third kappa shape index (κ3) is 6.36. The first-order chi connectivity index (χ1) is 13.6. The highest BCUT2D eigenvalue weighted by molar-refractivity contribution is 5.89. The van der Waals surface area contributed by atoms with Crippen molar-refractivity contribution in [3.8, 4) is 5.75 Å². The second-order valence-corrected chi connectivity index (χ2v) is 8.14. The normalized spacial score (nSPS) is 13.2. The van der Waals surface area contributed by atoms with E-state index >= 15 is 0 Å². The van der Waals surface area contributed by atoms with Gasteiger partial charge in [0.25, 0.3) is 0 Å². The number of aliphatic hydroxyl groups is 1. The number of rotatable bonds is 6. The Balaban J connectivity index is 2.61. The third-order valence-electron chi connectivity index (χ3n) is 4.19. The minimum atomic E-state index is -0.919. The third-order valence-corrected chi connectivity index (χ3v) is 4.19. The van der Waals surface area contributed by atoms with Crippen LogP contribution in [0, 0.1) is 0 Å². The molecule has 0 radical (unpaired) electrons. The molecule has 2 atom stereocenters. The minimum Gasteiger partial charge on any atom is -0.497 e. The zero-order chi connectivity index (χ0) is 21.6. The summed E-state index contributed by atoms with van der Waals surface area (Å²) in [7, 11) is 1.59. The second-order valence-electron chi connectivity index (χ2n) is 8.14. The van der Waals surface area contributed by atoms with Crippen molar-refractivity contribution < 1.29 is 19.4 Å². The lowest BCUT2D eigenvalue weighted by Crippen LogP contribution is -2.43. The van der Waals surface area contributed by atoms with Crippen LogP contribution < -0.4 is 9.64 Å². The maximum Gasteiger partial charge on any atom is 0.415 e. The number of methoxy groups -OCH3 is 1. The van der Waals surface area contributed by atoms with Crippen molar-refractivity contribution in [3.63, 3.8) is 0 Å². The summed E-state index contributed by atoms with van der Waals surface area (Å²) in [6, 6.07) is 15.9. The van der Waals surface area contributed by atoms with Gasteiger partial charge in [0, 0.05) is 5.69 Å². The van der Waals surface area contributed by atoms with Gasteiger partial charge in [-0.25, -0.2) is 4.79 Å². The van der Waals surface area contributed by atoms with E-state index in [4.69, 9.17) is 9.47 Å². The Labute approximate surface area is 173 Å². The second kappa shape index (κ2) is 9.61. The van der Waals surface area contributed by atoms with Crippen LogP contribution in [0.5, 0.6) is 5.75 Å². The van der Waals surface area contributed by atoms with E-state index in [1.807, 2.05) is 65.0 Å². The van der Waals surface area contributed by atoms with Crippen LogP contribution in [0.2, 0.25) is 0 Å². The molecule has 156 valence electrons.